The Balaban J connectivity index is 2.58. The van der Waals surface area contributed by atoms with Gasteiger partial charge in [0, 0.05) is 6.54 Å². The second-order valence-electron chi connectivity index (χ2n) is 3.27. The molecular weight excluding hydrogens is 204 g/mol. The molecule has 1 N–H and O–H groups in total. The van der Waals surface area contributed by atoms with Gasteiger partial charge in [-0.25, -0.2) is 0 Å². The predicted molar refractivity (Wildman–Crippen MR) is 61.7 cm³/mol. The summed E-state index contributed by atoms with van der Waals surface area (Å²) < 4.78 is 10.4. The third kappa shape index (κ3) is 3.44. The van der Waals surface area contributed by atoms with Crippen molar-refractivity contribution in [3.63, 3.8) is 0 Å². The van der Waals surface area contributed by atoms with Crippen LogP contribution in [0.1, 0.15) is 5.56 Å². The quantitative estimate of drug-likeness (QED) is 0.581. The number of nitrogens with one attached hydrogen (secondary N) is 1. The summed E-state index contributed by atoms with van der Waals surface area (Å²) in [6.07, 6.45) is 0.863. The lowest BCUT2D eigenvalue weighted by atomic mass is 10.1. The fourth-order valence-electron chi connectivity index (χ4n) is 1.41. The maximum atomic E-state index is 8.36. The van der Waals surface area contributed by atoms with Gasteiger partial charge in [-0.3, -0.25) is 0 Å². The third-order valence-corrected chi connectivity index (χ3v) is 2.24. The molecule has 4 nitrogen and oxygen atoms in total. The maximum absolute atomic E-state index is 8.36. The second-order valence-corrected chi connectivity index (χ2v) is 3.27. The fraction of sp³-hybridized carbons (Fsp3) is 0.417. The molecule has 0 unspecified atom stereocenters. The summed E-state index contributed by atoms with van der Waals surface area (Å²) in [5, 5.41) is 11.4. The van der Waals surface area contributed by atoms with Crippen molar-refractivity contribution in [2.24, 2.45) is 0 Å². The topological polar surface area (TPSA) is 54.3 Å². The predicted octanol–water partition coefficient (Wildman–Crippen LogP) is 1.36. The molecule has 4 heteroatoms. The number of methoxy groups -OCH3 is 2. The van der Waals surface area contributed by atoms with Gasteiger partial charge >= 0.3 is 0 Å². The van der Waals surface area contributed by atoms with Crippen molar-refractivity contribution in [3.8, 4) is 17.6 Å². The lowest BCUT2D eigenvalue weighted by molar-refractivity contribution is 0.354. The Hall–Kier alpha value is -1.73. The van der Waals surface area contributed by atoms with E-state index in [-0.39, 0.29) is 0 Å². The Morgan fingerprint density at radius 1 is 1.25 bits per heavy atom. The molecule has 0 aliphatic heterocycles. The van der Waals surface area contributed by atoms with Crippen LogP contribution in [0.5, 0.6) is 11.5 Å². The largest absolute Gasteiger partial charge is 0.493 e. The summed E-state index contributed by atoms with van der Waals surface area (Å²) in [7, 11) is 3.24. The van der Waals surface area contributed by atoms with E-state index in [1.54, 1.807) is 14.2 Å². The van der Waals surface area contributed by atoms with Crippen molar-refractivity contribution < 1.29 is 9.47 Å². The molecule has 0 bridgehead atoms. The number of hydrogen-bond acceptors (Lipinski definition) is 4. The van der Waals surface area contributed by atoms with Crippen LogP contribution in [0.4, 0.5) is 0 Å². The molecule has 0 heterocycles. The first kappa shape index (κ1) is 12.3. The molecule has 0 amide bonds. The number of ether oxygens (including phenoxy) is 2. The van der Waals surface area contributed by atoms with Gasteiger partial charge < -0.3 is 14.8 Å². The van der Waals surface area contributed by atoms with E-state index in [4.69, 9.17) is 14.7 Å². The summed E-state index contributed by atoms with van der Waals surface area (Å²) in [5.74, 6) is 1.47. The fourth-order valence-corrected chi connectivity index (χ4v) is 1.41. The van der Waals surface area contributed by atoms with E-state index >= 15 is 0 Å². The van der Waals surface area contributed by atoms with E-state index < -0.39 is 0 Å². The molecular formula is C12H16N2O2. The van der Waals surface area contributed by atoms with Crippen molar-refractivity contribution in [3.05, 3.63) is 23.8 Å². The highest BCUT2D eigenvalue weighted by Gasteiger charge is 2.03. The Morgan fingerprint density at radius 2 is 2.00 bits per heavy atom. The second kappa shape index (κ2) is 6.70. The van der Waals surface area contributed by atoms with Crippen molar-refractivity contribution in [1.29, 1.82) is 5.26 Å². The zero-order valence-corrected chi connectivity index (χ0v) is 9.62. The van der Waals surface area contributed by atoms with Crippen molar-refractivity contribution >= 4 is 0 Å². The number of nitriles is 1. The SMILES string of the molecule is COc1ccc(CCNCC#N)cc1OC. The van der Waals surface area contributed by atoms with Crippen LogP contribution < -0.4 is 14.8 Å². The molecule has 0 fully saturated rings. The van der Waals surface area contributed by atoms with Gasteiger partial charge in [0.15, 0.2) is 11.5 Å². The number of hydrogen-bond donors (Lipinski definition) is 1. The van der Waals surface area contributed by atoms with Gasteiger partial charge in [-0.15, -0.1) is 0 Å². The molecule has 0 spiro atoms. The molecule has 0 aromatic heterocycles. The minimum Gasteiger partial charge on any atom is -0.493 e. The van der Waals surface area contributed by atoms with Crippen molar-refractivity contribution in [2.75, 3.05) is 27.3 Å². The van der Waals surface area contributed by atoms with Gasteiger partial charge in [0.05, 0.1) is 26.8 Å². The van der Waals surface area contributed by atoms with Crippen LogP contribution in [0, 0.1) is 11.3 Å². The first-order valence-corrected chi connectivity index (χ1v) is 5.10. The third-order valence-electron chi connectivity index (χ3n) is 2.24. The highest BCUT2D eigenvalue weighted by molar-refractivity contribution is 5.42. The van der Waals surface area contributed by atoms with E-state index in [0.717, 1.165) is 30.0 Å². The Morgan fingerprint density at radius 3 is 2.62 bits per heavy atom. The van der Waals surface area contributed by atoms with E-state index in [2.05, 4.69) is 5.32 Å². The molecule has 0 radical (unpaired) electrons. The van der Waals surface area contributed by atoms with E-state index in [0.29, 0.717) is 6.54 Å². The minimum absolute atomic E-state index is 0.382. The Kier molecular flexibility index (Phi) is 5.17. The Labute approximate surface area is 95.8 Å². The van der Waals surface area contributed by atoms with Crippen LogP contribution in [0.15, 0.2) is 18.2 Å². The smallest absolute Gasteiger partial charge is 0.160 e. The molecule has 0 atom stereocenters. The van der Waals surface area contributed by atoms with Gasteiger partial charge in [-0.1, -0.05) is 6.07 Å². The van der Waals surface area contributed by atoms with Crippen molar-refractivity contribution in [1.82, 2.24) is 5.32 Å². The van der Waals surface area contributed by atoms with Crippen LogP contribution in [-0.4, -0.2) is 27.3 Å². The zero-order chi connectivity index (χ0) is 11.8. The standard InChI is InChI=1S/C12H16N2O2/c1-15-11-4-3-10(9-12(11)16-2)5-7-14-8-6-13/h3-4,9,14H,5,7-8H2,1-2H3. The molecule has 86 valence electrons. The van der Waals surface area contributed by atoms with Gasteiger partial charge in [-0.2, -0.15) is 5.26 Å². The highest BCUT2D eigenvalue weighted by atomic mass is 16.5. The summed E-state index contributed by atoms with van der Waals surface area (Å²) in [6.45, 7) is 1.16. The molecule has 0 aliphatic carbocycles. The Bertz CT molecular complexity index is 372. The number of rotatable bonds is 6. The molecule has 1 aromatic carbocycles. The van der Waals surface area contributed by atoms with Gasteiger partial charge in [0.2, 0.25) is 0 Å². The lowest BCUT2D eigenvalue weighted by Crippen LogP contribution is -2.17. The van der Waals surface area contributed by atoms with E-state index in [9.17, 15) is 0 Å². The lowest BCUT2D eigenvalue weighted by Gasteiger charge is -2.09. The summed E-state index contributed by atoms with van der Waals surface area (Å²) in [4.78, 5) is 0. The van der Waals surface area contributed by atoms with E-state index in [1.165, 1.54) is 0 Å². The first-order valence-electron chi connectivity index (χ1n) is 5.10. The van der Waals surface area contributed by atoms with Gasteiger partial charge in [0.25, 0.3) is 0 Å². The van der Waals surface area contributed by atoms with Gasteiger partial charge in [0.1, 0.15) is 0 Å². The highest BCUT2D eigenvalue weighted by Crippen LogP contribution is 2.27. The summed E-state index contributed by atoms with van der Waals surface area (Å²) in [6, 6.07) is 7.87. The molecule has 0 aliphatic rings. The average molecular weight is 220 g/mol. The normalized spacial score (nSPS) is 9.56. The van der Waals surface area contributed by atoms with Gasteiger partial charge in [-0.05, 0) is 24.1 Å². The van der Waals surface area contributed by atoms with Crippen LogP contribution in [0.25, 0.3) is 0 Å². The number of benzene rings is 1. The minimum atomic E-state index is 0.382. The molecule has 1 aromatic rings. The summed E-state index contributed by atoms with van der Waals surface area (Å²) >= 11 is 0. The molecule has 1 rings (SSSR count). The molecule has 0 saturated carbocycles. The van der Waals surface area contributed by atoms with Crippen LogP contribution in [0.2, 0.25) is 0 Å². The van der Waals surface area contributed by atoms with Crippen LogP contribution >= 0.6 is 0 Å². The monoisotopic (exact) mass is 220 g/mol. The zero-order valence-electron chi connectivity index (χ0n) is 9.62. The van der Waals surface area contributed by atoms with E-state index in [1.807, 2.05) is 24.3 Å². The molecule has 16 heavy (non-hydrogen) atoms. The number of nitrogens with zero attached hydrogens (tertiary/aromatic N) is 1. The maximum Gasteiger partial charge on any atom is 0.160 e. The summed E-state index contributed by atoms with van der Waals surface area (Å²) in [5.41, 5.74) is 1.16. The van der Waals surface area contributed by atoms with Crippen LogP contribution in [-0.2, 0) is 6.42 Å². The van der Waals surface area contributed by atoms with Crippen LogP contribution in [0.3, 0.4) is 0 Å². The first-order chi connectivity index (χ1) is 7.81. The van der Waals surface area contributed by atoms with Crippen molar-refractivity contribution in [2.45, 2.75) is 6.42 Å². The average Bonchev–Trinajstić information content (AvgIpc) is 2.34. The molecule has 0 saturated heterocycles.